The lowest BCUT2D eigenvalue weighted by atomic mass is 10.1. The van der Waals surface area contributed by atoms with E-state index < -0.39 is 60.7 Å². The van der Waals surface area contributed by atoms with Crippen molar-refractivity contribution in [1.29, 1.82) is 0 Å². The van der Waals surface area contributed by atoms with Crippen LogP contribution in [0.25, 0.3) is 11.2 Å². The summed E-state index contributed by atoms with van der Waals surface area (Å²) in [5, 5.41) is 23.0. The van der Waals surface area contributed by atoms with Gasteiger partial charge in [-0.2, -0.15) is 8.62 Å². The minimum absolute atomic E-state index is 0.0329. The fraction of sp³-hybridized carbons (Fsp3) is 0.538. The number of fused-ring (bicyclic) bond motifs is 1. The van der Waals surface area contributed by atoms with E-state index in [9.17, 15) is 38.5 Å². The normalized spacial score (nSPS) is 25.9. The number of rotatable bonds is 10. The zero-order chi connectivity index (χ0) is 26.9. The van der Waals surface area contributed by atoms with Crippen LogP contribution in [-0.4, -0.2) is 86.9 Å². The highest BCUT2D eigenvalue weighted by Crippen LogP contribution is 2.66. The van der Waals surface area contributed by atoms with Crippen LogP contribution in [0.2, 0.25) is 0 Å². The van der Waals surface area contributed by atoms with Crippen LogP contribution in [0.4, 0.5) is 10.6 Å². The molecule has 0 aromatic carbocycles. The molecular weight excluding hydrogens is 559 g/mol. The van der Waals surface area contributed by atoms with Gasteiger partial charge < -0.3 is 39.3 Å². The van der Waals surface area contributed by atoms with E-state index in [1.807, 2.05) is 0 Å². The van der Waals surface area contributed by atoms with E-state index in [4.69, 9.17) is 19.3 Å². The average Bonchev–Trinajstić information content (AvgIpc) is 3.26. The number of nitrogens with zero attached hydrogens (tertiary/aromatic N) is 4. The number of amides is 1. The van der Waals surface area contributed by atoms with E-state index >= 15 is 0 Å². The van der Waals surface area contributed by atoms with Crippen LogP contribution < -0.4 is 5.32 Å². The third kappa shape index (κ3) is 7.11. The maximum absolute atomic E-state index is 11.9. The number of carbonyl (C=O) groups is 1. The molecule has 2 aromatic rings. The fourth-order valence-electron chi connectivity index (χ4n) is 2.96. The summed E-state index contributed by atoms with van der Waals surface area (Å²) in [6.45, 7) is 0.681. The smallest absolute Gasteiger partial charge is 0.450 e. The number of imidazole rings is 1. The van der Waals surface area contributed by atoms with Crippen molar-refractivity contribution in [2.24, 2.45) is 0 Å². The van der Waals surface area contributed by atoms with Crippen molar-refractivity contribution in [1.82, 2.24) is 19.5 Å². The number of aromatic nitrogens is 4. The Kier molecular flexibility index (Phi) is 8.64. The SMILES string of the molecule is CCOC(=O)Nc1ncnc2c1ncn2[C@@H]1O[C@H](COP(=O)(O)OP(=O)(O)OP(=O)(O)O)[C@@H](O)[C@H]1O. The zero-order valence-electron chi connectivity index (χ0n) is 17.9. The van der Waals surface area contributed by atoms with Gasteiger partial charge in [0.25, 0.3) is 0 Å². The number of hydrogen-bond donors (Lipinski definition) is 7. The Morgan fingerprint density at radius 1 is 1.08 bits per heavy atom. The van der Waals surface area contributed by atoms with Crippen molar-refractivity contribution >= 4 is 46.5 Å². The molecule has 0 aliphatic carbocycles. The van der Waals surface area contributed by atoms with Crippen molar-refractivity contribution in [3.05, 3.63) is 12.7 Å². The standard InChI is InChI=1S/C13H20N5O15P3/c1-2-29-13(21)17-10-7-11(15-4-14-10)18(5-16-7)12-9(20)8(19)6(31-12)3-30-35(25,26)33-36(27,28)32-34(22,23)24/h4-6,8-9,12,19-20H,2-3H2,1H3,(H,25,26)(H,27,28)(H2,22,23,24)(H,14,15,17,21)/t6-,8-,9-,12-/m1/s1. The second-order valence-electron chi connectivity index (χ2n) is 6.82. The van der Waals surface area contributed by atoms with Crippen LogP contribution in [0.1, 0.15) is 13.2 Å². The summed E-state index contributed by atoms with van der Waals surface area (Å²) in [5.74, 6) is -0.0329. The quantitative estimate of drug-likeness (QED) is 0.172. The van der Waals surface area contributed by atoms with E-state index in [-0.39, 0.29) is 23.6 Å². The zero-order valence-corrected chi connectivity index (χ0v) is 20.5. The Morgan fingerprint density at radius 2 is 1.78 bits per heavy atom. The summed E-state index contributed by atoms with van der Waals surface area (Å²) in [6.07, 6.45) is -4.93. The van der Waals surface area contributed by atoms with Crippen molar-refractivity contribution in [3.8, 4) is 0 Å². The Balaban J connectivity index is 1.72. The van der Waals surface area contributed by atoms with Gasteiger partial charge in [-0.05, 0) is 6.92 Å². The Labute approximate surface area is 200 Å². The highest BCUT2D eigenvalue weighted by Gasteiger charge is 2.47. The van der Waals surface area contributed by atoms with E-state index in [0.29, 0.717) is 0 Å². The number of aliphatic hydroxyl groups excluding tert-OH is 2. The molecule has 1 amide bonds. The highest BCUT2D eigenvalue weighted by atomic mass is 31.3. The van der Waals surface area contributed by atoms with Crippen LogP contribution in [0.5, 0.6) is 0 Å². The number of aliphatic hydroxyl groups is 2. The number of anilines is 1. The second kappa shape index (κ2) is 10.8. The lowest BCUT2D eigenvalue weighted by Crippen LogP contribution is -2.33. The minimum Gasteiger partial charge on any atom is -0.450 e. The van der Waals surface area contributed by atoms with Crippen LogP contribution in [0, 0.1) is 0 Å². The third-order valence-electron chi connectivity index (χ3n) is 4.28. The summed E-state index contributed by atoms with van der Waals surface area (Å²) in [4.78, 5) is 59.4. The fourth-order valence-corrected chi connectivity index (χ4v) is 5.99. The molecule has 0 saturated carbocycles. The lowest BCUT2D eigenvalue weighted by Gasteiger charge is -2.19. The van der Waals surface area contributed by atoms with E-state index in [1.54, 1.807) is 6.92 Å². The molecule has 2 aromatic heterocycles. The first-order chi connectivity index (χ1) is 16.6. The highest BCUT2D eigenvalue weighted by molar-refractivity contribution is 7.66. The molecular formula is C13H20N5O15P3. The predicted molar refractivity (Wildman–Crippen MR) is 112 cm³/mol. The maximum atomic E-state index is 11.9. The summed E-state index contributed by atoms with van der Waals surface area (Å²) >= 11 is 0. The van der Waals surface area contributed by atoms with Gasteiger partial charge in [-0.15, -0.1) is 0 Å². The van der Waals surface area contributed by atoms with Gasteiger partial charge in [0.15, 0.2) is 23.2 Å². The summed E-state index contributed by atoms with van der Waals surface area (Å²) in [5.41, 5.74) is 0.106. The number of nitrogens with one attached hydrogen (secondary N) is 1. The van der Waals surface area contributed by atoms with Crippen molar-refractivity contribution < 1.29 is 70.9 Å². The van der Waals surface area contributed by atoms with Crippen LogP contribution >= 0.6 is 23.5 Å². The van der Waals surface area contributed by atoms with E-state index in [1.165, 1.54) is 0 Å². The topological polar surface area (TPSA) is 291 Å². The number of ether oxygens (including phenoxy) is 2. The monoisotopic (exact) mass is 579 g/mol. The van der Waals surface area contributed by atoms with Gasteiger partial charge in [-0.3, -0.25) is 14.4 Å². The van der Waals surface area contributed by atoms with Gasteiger partial charge in [0.1, 0.15) is 24.6 Å². The van der Waals surface area contributed by atoms with Crippen molar-refractivity contribution in [2.45, 2.75) is 31.5 Å². The van der Waals surface area contributed by atoms with Gasteiger partial charge >= 0.3 is 29.6 Å². The summed E-state index contributed by atoms with van der Waals surface area (Å²) in [6, 6.07) is 0. The Bertz CT molecular complexity index is 1250. The molecule has 7 N–H and O–H groups in total. The Hall–Kier alpha value is -1.89. The first kappa shape index (κ1) is 28.7. The molecule has 20 nitrogen and oxygen atoms in total. The molecule has 2 unspecified atom stereocenters. The largest absolute Gasteiger partial charge is 0.490 e. The molecule has 0 spiro atoms. The van der Waals surface area contributed by atoms with Crippen molar-refractivity contribution in [2.75, 3.05) is 18.5 Å². The molecule has 1 saturated heterocycles. The van der Waals surface area contributed by atoms with Crippen molar-refractivity contribution in [3.63, 3.8) is 0 Å². The van der Waals surface area contributed by atoms with Gasteiger partial charge in [-0.25, -0.2) is 33.4 Å². The predicted octanol–water partition coefficient (Wildman–Crippen LogP) is -0.643. The third-order valence-corrected chi connectivity index (χ3v) is 8.09. The number of phosphoric ester groups is 1. The molecule has 6 atom stereocenters. The molecule has 1 aliphatic heterocycles. The number of phosphoric acid groups is 3. The molecule has 0 bridgehead atoms. The van der Waals surface area contributed by atoms with E-state index in [2.05, 4.69) is 33.4 Å². The van der Waals surface area contributed by atoms with Crippen LogP contribution in [-0.2, 0) is 36.3 Å². The molecule has 23 heteroatoms. The van der Waals surface area contributed by atoms with E-state index in [0.717, 1.165) is 17.2 Å². The lowest BCUT2D eigenvalue weighted by molar-refractivity contribution is -0.0503. The van der Waals surface area contributed by atoms with Gasteiger partial charge in [0, 0.05) is 0 Å². The van der Waals surface area contributed by atoms with Gasteiger partial charge in [0.05, 0.1) is 19.5 Å². The number of hydrogen-bond acceptors (Lipinski definition) is 14. The molecule has 1 fully saturated rings. The maximum Gasteiger partial charge on any atom is 0.490 e. The first-order valence-corrected chi connectivity index (χ1v) is 14.1. The van der Waals surface area contributed by atoms with Crippen LogP contribution in [0.15, 0.2) is 12.7 Å². The molecule has 1 aliphatic rings. The summed E-state index contributed by atoms with van der Waals surface area (Å²) < 4.78 is 56.9. The number of carbonyl (C=O) groups excluding carboxylic acids is 1. The second-order valence-corrected chi connectivity index (χ2v) is 11.2. The summed E-state index contributed by atoms with van der Waals surface area (Å²) in [7, 11) is -16.8. The Morgan fingerprint density at radius 3 is 2.42 bits per heavy atom. The first-order valence-electron chi connectivity index (χ1n) is 9.53. The molecule has 202 valence electrons. The van der Waals surface area contributed by atoms with Gasteiger partial charge in [0.2, 0.25) is 0 Å². The van der Waals surface area contributed by atoms with Gasteiger partial charge in [-0.1, -0.05) is 0 Å². The molecule has 3 rings (SSSR count). The molecule has 0 radical (unpaired) electrons. The average molecular weight is 579 g/mol. The molecule has 36 heavy (non-hydrogen) atoms. The minimum atomic E-state index is -5.74. The molecule has 3 heterocycles. The van der Waals surface area contributed by atoms with Crippen LogP contribution in [0.3, 0.4) is 0 Å².